The number of nitrogens with one attached hydrogen (secondary N) is 3. The normalized spacial score (nSPS) is 10.6. The van der Waals surface area contributed by atoms with Crippen LogP contribution < -0.4 is 66.8 Å². The number of nitrogens with two attached hydrogens (primary N) is 1. The Hall–Kier alpha value is -10.6. The first-order chi connectivity index (χ1) is 51.1. The number of para-hydroxylation sites is 3. The number of pyridine rings is 4. The van der Waals surface area contributed by atoms with Crippen molar-refractivity contribution >= 4 is 154 Å². The van der Waals surface area contributed by atoms with E-state index in [1.807, 2.05) is 44.2 Å². The van der Waals surface area contributed by atoms with Gasteiger partial charge in [-0.15, -0.1) is 0 Å². The number of methoxy groups -OCH3 is 6. The molecule has 12 rings (SSSR count). The number of aryl methyl sites for hydroxylation is 6. The van der Waals surface area contributed by atoms with Crippen molar-refractivity contribution in [3.63, 3.8) is 0 Å². The molecule has 26 nitrogen and oxygen atoms in total. The fourth-order valence-electron chi connectivity index (χ4n) is 11.4. The zero-order valence-electron chi connectivity index (χ0n) is 61.0. The predicted octanol–water partition coefficient (Wildman–Crippen LogP) is 16.8. The summed E-state index contributed by atoms with van der Waals surface area (Å²) in [4.78, 5) is 85.5. The van der Waals surface area contributed by atoms with Crippen molar-refractivity contribution in [2.24, 2.45) is 21.1 Å². The average Bonchev–Trinajstić information content (AvgIpc) is 0.764. The standard InChI is InChI=1S/C27H24Cl2N4O4.C24H20Cl2N4O5.C23H21Cl2N5O3.CH4O.CH3.Pd.H2/c1-6-16(34)10-15-9-7-8-14(2)25(15)32-21-11-18-17(13-30-21)31-26(27(35)33(18)3)22-23(28)19(36-4)12-20(37-5)24(22)29;1-12-6-5-7-15(30(32)33)23(12)28-19-9-16-13(11-27-19)8-14(24(31)29(16)2)20-21(25)17(34-3)10-18(35-4)22(20)26;1-11-6-5-7-12(26)21(11)29-17-8-14-13(10-27-17)28-22(23(31)30(14)2)18-19(24)15(32-3)9-16(33-4)20(18)25;1-2;;;/h6-9,11-13H,1,10H2,2-5H3,(H,30,32);5-11H,1-4H3,(H,27,28);5-10H,26H2,1-4H3,(H,27,29);2H,1H3;1H3;;1H/q;;;;-1;;. The van der Waals surface area contributed by atoms with Gasteiger partial charge >= 0.3 is 0 Å². The van der Waals surface area contributed by atoms with Crippen LogP contribution in [0.2, 0.25) is 30.1 Å². The Bertz CT molecular complexity index is 5630. The molecule has 0 saturated heterocycles. The molecular formula is C76H74Cl6N13O13Pd-. The summed E-state index contributed by atoms with van der Waals surface area (Å²) in [6.07, 6.45) is 6.18. The second-order valence-corrected chi connectivity index (χ2v) is 25.5. The van der Waals surface area contributed by atoms with Gasteiger partial charge in [0.2, 0.25) is 0 Å². The number of nitrogen functional groups attached to an aromatic ring is 1. The van der Waals surface area contributed by atoms with Crippen molar-refractivity contribution < 1.29 is 65.1 Å². The number of allylic oxidation sites excluding steroid dienone is 1. The van der Waals surface area contributed by atoms with Crippen LogP contribution >= 0.6 is 69.6 Å². The van der Waals surface area contributed by atoms with E-state index in [4.69, 9.17) is 109 Å². The third kappa shape index (κ3) is 17.6. The molecule has 33 heteroatoms. The first-order valence-electron chi connectivity index (χ1n) is 31.8. The van der Waals surface area contributed by atoms with Crippen LogP contribution in [0.4, 0.5) is 45.9 Å². The maximum Gasteiger partial charge on any atom is 0.292 e. The monoisotopic (exact) mass is 1690 g/mol. The Morgan fingerprint density at radius 2 is 0.899 bits per heavy atom. The molecule has 0 aliphatic carbocycles. The third-order valence-electron chi connectivity index (χ3n) is 17.0. The molecule has 0 aliphatic rings. The minimum Gasteiger partial charge on any atom is -0.495 e. The summed E-state index contributed by atoms with van der Waals surface area (Å²) in [6.45, 7) is 9.19. The maximum atomic E-state index is 13.4. The Labute approximate surface area is 670 Å². The van der Waals surface area contributed by atoms with Crippen molar-refractivity contribution in [2.45, 2.75) is 27.2 Å². The molecule has 0 spiro atoms. The summed E-state index contributed by atoms with van der Waals surface area (Å²) in [5, 5.41) is 29.6. The summed E-state index contributed by atoms with van der Waals surface area (Å²) in [6, 6.07) is 27.5. The predicted molar refractivity (Wildman–Crippen MR) is 432 cm³/mol. The smallest absolute Gasteiger partial charge is 0.292 e. The van der Waals surface area contributed by atoms with Crippen LogP contribution in [-0.2, 0) is 52.8 Å². The SMILES string of the molecule is C=CC(=O)Cc1cccc(C)c1Nc1cc2c(cn1)nc(-c1c(Cl)c(OC)cc(OC)c1Cl)c(=O)n2C.CO.COc1cc(OC)c(Cl)c(-c2cc3cnc(Nc4c(C)cccc4[N+](=O)[O-])cc3n(C)c2=O)c1Cl.COc1cc(OC)c(Cl)c(-c2nc3cnc(Nc4c(C)cccc4N)cc3n(C)c2=O)c1Cl.[CH3-].[HH].[Pd]. The van der Waals surface area contributed by atoms with Gasteiger partial charge in [0.05, 0.1) is 135 Å². The number of hydrogen-bond donors (Lipinski definition) is 5. The van der Waals surface area contributed by atoms with E-state index < -0.39 is 16.0 Å². The number of nitrogens with zero attached hydrogens (tertiary/aromatic N) is 9. The number of anilines is 7. The van der Waals surface area contributed by atoms with Crippen LogP contribution in [-0.4, -0.2) is 104 Å². The largest absolute Gasteiger partial charge is 0.495 e. The molecule has 0 atom stereocenters. The zero-order valence-corrected chi connectivity index (χ0v) is 67.1. The number of nitro benzene ring substituents is 1. The number of hydrogen-bond acceptors (Lipinski definition) is 22. The molecule has 0 unspecified atom stereocenters. The molecule has 0 bridgehead atoms. The number of carbonyl (C=O) groups excluding carboxylic acids is 1. The fraction of sp³-hybridized carbons (Fsp3) is 0.184. The molecule has 12 aromatic rings. The summed E-state index contributed by atoms with van der Waals surface area (Å²) in [7, 11) is 14.6. The van der Waals surface area contributed by atoms with Gasteiger partial charge in [0, 0.05) is 122 Å². The molecule has 109 heavy (non-hydrogen) atoms. The van der Waals surface area contributed by atoms with E-state index in [-0.39, 0.29) is 117 Å². The van der Waals surface area contributed by atoms with Crippen molar-refractivity contribution in [1.82, 2.24) is 38.6 Å². The van der Waals surface area contributed by atoms with Crippen LogP contribution in [0.15, 0.2) is 143 Å². The van der Waals surface area contributed by atoms with Gasteiger partial charge in [-0.3, -0.25) is 29.3 Å². The molecule has 0 amide bonds. The number of fused-ring (bicyclic) bond motifs is 3. The van der Waals surface area contributed by atoms with Crippen LogP contribution in [0.5, 0.6) is 34.5 Å². The van der Waals surface area contributed by atoms with Gasteiger partial charge in [-0.05, 0) is 61.2 Å². The summed E-state index contributed by atoms with van der Waals surface area (Å²) in [5.74, 6) is 3.08. The Kier molecular flexibility index (Phi) is 29.1. The van der Waals surface area contributed by atoms with Crippen LogP contribution in [0.1, 0.15) is 23.7 Å². The van der Waals surface area contributed by atoms with Gasteiger partial charge < -0.3 is 76.3 Å². The van der Waals surface area contributed by atoms with E-state index >= 15 is 0 Å². The number of aromatic nitrogens is 8. The zero-order chi connectivity index (χ0) is 78.2. The fourth-order valence-corrected chi connectivity index (χ4v) is 13.4. The molecule has 0 fully saturated rings. The van der Waals surface area contributed by atoms with E-state index in [1.165, 1.54) is 68.5 Å². The van der Waals surface area contributed by atoms with Crippen molar-refractivity contribution in [2.75, 3.05) is 71.5 Å². The number of aliphatic hydroxyl groups is 1. The minimum absolute atomic E-state index is 0. The minimum atomic E-state index is -0.464. The number of aliphatic hydroxyl groups excluding tert-OH is 1. The molecular weight excluding hydrogens is 1620 g/mol. The molecule has 6 aromatic carbocycles. The molecule has 6 aromatic heterocycles. The van der Waals surface area contributed by atoms with Gasteiger partial charge in [-0.1, -0.05) is 119 Å². The third-order valence-corrected chi connectivity index (χ3v) is 19.2. The van der Waals surface area contributed by atoms with Crippen molar-refractivity contribution in [3.8, 4) is 68.1 Å². The van der Waals surface area contributed by atoms with Gasteiger partial charge in [-0.2, -0.15) is 0 Å². The van der Waals surface area contributed by atoms with E-state index in [2.05, 4.69) is 47.4 Å². The summed E-state index contributed by atoms with van der Waals surface area (Å²) < 4.78 is 36.3. The quantitative estimate of drug-likeness (QED) is 0.0125. The molecule has 6 N–H and O–H groups in total. The van der Waals surface area contributed by atoms with Crippen LogP contribution in [0, 0.1) is 38.3 Å². The van der Waals surface area contributed by atoms with E-state index in [0.717, 1.165) is 35.2 Å². The number of ketones is 1. The maximum absolute atomic E-state index is 13.4. The van der Waals surface area contributed by atoms with E-state index in [0.29, 0.717) is 102 Å². The molecule has 0 aliphatic heterocycles. The summed E-state index contributed by atoms with van der Waals surface area (Å²) >= 11 is 39.1. The van der Waals surface area contributed by atoms with Gasteiger partial charge in [0.15, 0.2) is 5.78 Å². The van der Waals surface area contributed by atoms with Crippen molar-refractivity contribution in [3.05, 3.63) is 229 Å². The molecule has 0 saturated carbocycles. The Morgan fingerprint density at radius 3 is 1.31 bits per heavy atom. The van der Waals surface area contributed by atoms with Gasteiger partial charge in [0.25, 0.3) is 22.4 Å². The number of halogens is 6. The number of ether oxygens (including phenoxy) is 6. The average molecular weight is 1700 g/mol. The number of rotatable bonds is 19. The first-order valence-corrected chi connectivity index (χ1v) is 34.0. The molecule has 0 radical (unpaired) electrons. The topological polar surface area (TPSA) is 328 Å². The number of nitro groups is 1. The Balaban J connectivity index is 0.000000252. The molecule has 574 valence electrons. The second-order valence-electron chi connectivity index (χ2n) is 23.3. The van der Waals surface area contributed by atoms with E-state index in [1.54, 1.807) is 107 Å². The van der Waals surface area contributed by atoms with Gasteiger partial charge in [0.1, 0.15) is 80.1 Å². The van der Waals surface area contributed by atoms with E-state index in [9.17, 15) is 29.3 Å². The van der Waals surface area contributed by atoms with Crippen LogP contribution in [0.3, 0.4) is 0 Å². The Morgan fingerprint density at radius 1 is 0.541 bits per heavy atom. The molecule has 6 heterocycles. The first kappa shape index (κ1) is 85.7. The van der Waals surface area contributed by atoms with Gasteiger partial charge in [-0.25, -0.2) is 24.9 Å². The van der Waals surface area contributed by atoms with Crippen molar-refractivity contribution in [1.29, 1.82) is 0 Å². The summed E-state index contributed by atoms with van der Waals surface area (Å²) in [5.41, 5.74) is 14.3. The number of benzene rings is 6. The number of carbonyl (C=O) groups is 1. The van der Waals surface area contributed by atoms with Crippen LogP contribution in [0.25, 0.3) is 66.6 Å². The second kappa shape index (κ2) is 37.0.